The fraction of sp³-hybridized carbons (Fsp3) is 0.862. The van der Waals surface area contributed by atoms with Crippen LogP contribution in [0.3, 0.4) is 0 Å². The van der Waals surface area contributed by atoms with Gasteiger partial charge in [0, 0.05) is 6.42 Å². The van der Waals surface area contributed by atoms with E-state index in [2.05, 4.69) is 18.3 Å². The van der Waals surface area contributed by atoms with Gasteiger partial charge in [-0.1, -0.05) is 135 Å². The molecule has 33 heavy (non-hydrogen) atoms. The number of unbranched alkanes of at least 4 members (excludes halogenated alkanes) is 19. The minimum Gasteiger partial charge on any atom is -0.460 e. The smallest absolute Gasteiger partial charge is 0.328 e. The van der Waals surface area contributed by atoms with E-state index in [4.69, 9.17) is 4.74 Å². The molecule has 0 aromatic heterocycles. The van der Waals surface area contributed by atoms with Gasteiger partial charge in [-0.05, 0) is 19.3 Å². The molecule has 0 aromatic carbocycles. The number of esters is 1. The van der Waals surface area contributed by atoms with Crippen LogP contribution in [0.1, 0.15) is 148 Å². The van der Waals surface area contributed by atoms with Crippen LogP contribution in [0.25, 0.3) is 0 Å². The van der Waals surface area contributed by atoms with E-state index >= 15 is 0 Å². The fourth-order valence-corrected chi connectivity index (χ4v) is 4.55. The SMILES string of the molecule is CCCCCCCCCCCCCCCCCCCCC/C=C/COC(=O)[C@@H]1CCC(=O)N1. The standard InChI is InChI=1S/C29H53NO3/c1-2-3-4-5-6-7-8-9-10-11-12-13-14-15-16-17-18-19-20-21-22-23-26-33-29(32)27-24-25-28(31)30-27/h22-23,27H,2-21,24-26H2,1H3,(H,30,31)/b23-22+/t27-/m0/s1. The van der Waals surface area contributed by atoms with Gasteiger partial charge < -0.3 is 10.1 Å². The summed E-state index contributed by atoms with van der Waals surface area (Å²) in [6.45, 7) is 2.60. The van der Waals surface area contributed by atoms with Crippen LogP contribution in [0, 0.1) is 0 Å². The lowest BCUT2D eigenvalue weighted by Gasteiger charge is -2.08. The average molecular weight is 464 g/mol. The molecule has 0 bridgehead atoms. The van der Waals surface area contributed by atoms with E-state index in [1.807, 2.05) is 6.08 Å². The topological polar surface area (TPSA) is 55.4 Å². The summed E-state index contributed by atoms with van der Waals surface area (Å²) in [6.07, 6.45) is 32.7. The number of rotatable bonds is 23. The van der Waals surface area contributed by atoms with Crippen LogP contribution in [0.2, 0.25) is 0 Å². The second kappa shape index (κ2) is 22.5. The zero-order valence-electron chi connectivity index (χ0n) is 21.7. The van der Waals surface area contributed by atoms with Gasteiger partial charge in [0.25, 0.3) is 0 Å². The third kappa shape index (κ3) is 18.8. The van der Waals surface area contributed by atoms with Crippen LogP contribution in [-0.4, -0.2) is 24.5 Å². The Hall–Kier alpha value is -1.32. The second-order valence-electron chi connectivity index (χ2n) is 9.91. The number of nitrogens with one attached hydrogen (secondary N) is 1. The Morgan fingerprint density at radius 2 is 1.21 bits per heavy atom. The van der Waals surface area contributed by atoms with Crippen molar-refractivity contribution in [2.45, 2.75) is 154 Å². The Labute approximate surface area is 204 Å². The molecule has 0 aromatic rings. The first kappa shape index (κ1) is 29.7. The molecular weight excluding hydrogens is 410 g/mol. The molecule has 1 N–H and O–H groups in total. The van der Waals surface area contributed by atoms with Crippen molar-refractivity contribution in [3.8, 4) is 0 Å². The number of allylic oxidation sites excluding steroid dienone is 1. The molecule has 1 saturated heterocycles. The van der Waals surface area contributed by atoms with E-state index in [9.17, 15) is 9.59 Å². The van der Waals surface area contributed by atoms with Crippen molar-refractivity contribution < 1.29 is 14.3 Å². The number of hydrogen-bond donors (Lipinski definition) is 1. The van der Waals surface area contributed by atoms with Gasteiger partial charge in [-0.25, -0.2) is 4.79 Å². The molecule has 4 heteroatoms. The van der Waals surface area contributed by atoms with Gasteiger partial charge in [-0.2, -0.15) is 0 Å². The van der Waals surface area contributed by atoms with E-state index in [1.54, 1.807) is 0 Å². The maximum atomic E-state index is 11.7. The molecule has 0 spiro atoms. The van der Waals surface area contributed by atoms with E-state index in [0.29, 0.717) is 19.4 Å². The van der Waals surface area contributed by atoms with Crippen molar-refractivity contribution >= 4 is 11.9 Å². The quantitative estimate of drug-likeness (QED) is 0.0944. The first-order valence-corrected chi connectivity index (χ1v) is 14.3. The van der Waals surface area contributed by atoms with Crippen molar-refractivity contribution in [3.63, 3.8) is 0 Å². The van der Waals surface area contributed by atoms with Crippen LogP contribution < -0.4 is 5.32 Å². The number of amides is 1. The molecule has 4 nitrogen and oxygen atoms in total. The number of hydrogen-bond acceptors (Lipinski definition) is 3. The normalized spacial score (nSPS) is 15.9. The lowest BCUT2D eigenvalue weighted by molar-refractivity contribution is -0.145. The van der Waals surface area contributed by atoms with Crippen molar-refractivity contribution in [1.29, 1.82) is 0 Å². The van der Waals surface area contributed by atoms with Gasteiger partial charge in [-0.15, -0.1) is 0 Å². The predicted octanol–water partition coefficient (Wildman–Crippen LogP) is 8.19. The fourth-order valence-electron chi connectivity index (χ4n) is 4.55. The Morgan fingerprint density at radius 3 is 1.64 bits per heavy atom. The van der Waals surface area contributed by atoms with Gasteiger partial charge in [0.1, 0.15) is 12.6 Å². The van der Waals surface area contributed by atoms with Gasteiger partial charge in [0.15, 0.2) is 0 Å². The summed E-state index contributed by atoms with van der Waals surface area (Å²) in [5.41, 5.74) is 0. The Morgan fingerprint density at radius 1 is 0.758 bits per heavy atom. The molecule has 0 aliphatic carbocycles. The average Bonchev–Trinajstić information content (AvgIpc) is 3.26. The summed E-state index contributed by atoms with van der Waals surface area (Å²) in [6, 6.07) is -0.439. The summed E-state index contributed by atoms with van der Waals surface area (Å²) in [5.74, 6) is -0.370. The summed E-state index contributed by atoms with van der Waals surface area (Å²) in [5, 5.41) is 2.63. The molecule has 0 radical (unpaired) electrons. The summed E-state index contributed by atoms with van der Waals surface area (Å²) >= 11 is 0. The molecule has 1 amide bonds. The summed E-state index contributed by atoms with van der Waals surface area (Å²) in [7, 11) is 0. The highest BCUT2D eigenvalue weighted by Gasteiger charge is 2.28. The molecule has 0 saturated carbocycles. The van der Waals surface area contributed by atoms with E-state index in [1.165, 1.54) is 122 Å². The third-order valence-electron chi connectivity index (χ3n) is 6.74. The number of ether oxygens (including phenoxy) is 1. The zero-order chi connectivity index (χ0) is 23.8. The van der Waals surface area contributed by atoms with Crippen molar-refractivity contribution in [2.75, 3.05) is 6.61 Å². The zero-order valence-corrected chi connectivity index (χ0v) is 21.7. The van der Waals surface area contributed by atoms with E-state index in [-0.39, 0.29) is 11.9 Å². The Kier molecular flexibility index (Phi) is 20.2. The largest absolute Gasteiger partial charge is 0.460 e. The molecule has 0 unspecified atom stereocenters. The maximum absolute atomic E-state index is 11.7. The highest BCUT2D eigenvalue weighted by atomic mass is 16.5. The van der Waals surface area contributed by atoms with Gasteiger partial charge >= 0.3 is 5.97 Å². The number of carbonyl (C=O) groups is 2. The molecule has 1 rings (SSSR count). The van der Waals surface area contributed by atoms with Crippen molar-refractivity contribution in [1.82, 2.24) is 5.32 Å². The van der Waals surface area contributed by atoms with Crippen molar-refractivity contribution in [2.24, 2.45) is 0 Å². The number of carbonyl (C=O) groups excluding carboxylic acids is 2. The summed E-state index contributed by atoms with van der Waals surface area (Å²) in [4.78, 5) is 22.8. The molecule has 1 heterocycles. The first-order valence-electron chi connectivity index (χ1n) is 14.3. The van der Waals surface area contributed by atoms with E-state index < -0.39 is 6.04 Å². The van der Waals surface area contributed by atoms with Crippen LogP contribution >= 0.6 is 0 Å². The van der Waals surface area contributed by atoms with Gasteiger partial charge in [0.05, 0.1) is 0 Å². The highest BCUT2D eigenvalue weighted by molar-refractivity contribution is 5.88. The minimum absolute atomic E-state index is 0.0585. The van der Waals surface area contributed by atoms with Crippen LogP contribution in [-0.2, 0) is 14.3 Å². The predicted molar refractivity (Wildman–Crippen MR) is 139 cm³/mol. The lowest BCUT2D eigenvalue weighted by Crippen LogP contribution is -2.34. The monoisotopic (exact) mass is 463 g/mol. The van der Waals surface area contributed by atoms with Gasteiger partial charge in [-0.3, -0.25) is 4.79 Å². The Balaban J connectivity index is 1.71. The Bertz CT molecular complexity index is 503. The highest BCUT2D eigenvalue weighted by Crippen LogP contribution is 2.15. The molecule has 1 fully saturated rings. The molecule has 1 atom stereocenters. The van der Waals surface area contributed by atoms with Gasteiger partial charge in [0.2, 0.25) is 5.91 Å². The molecule has 1 aliphatic heterocycles. The maximum Gasteiger partial charge on any atom is 0.328 e. The third-order valence-corrected chi connectivity index (χ3v) is 6.74. The summed E-state index contributed by atoms with van der Waals surface area (Å²) < 4.78 is 5.18. The molecular formula is C29H53NO3. The van der Waals surface area contributed by atoms with Crippen LogP contribution in [0.15, 0.2) is 12.2 Å². The first-order chi connectivity index (χ1) is 16.2. The molecule has 192 valence electrons. The lowest BCUT2D eigenvalue weighted by atomic mass is 10.0. The van der Waals surface area contributed by atoms with E-state index in [0.717, 1.165) is 6.42 Å². The van der Waals surface area contributed by atoms with Crippen molar-refractivity contribution in [3.05, 3.63) is 12.2 Å². The second-order valence-corrected chi connectivity index (χ2v) is 9.91. The molecule has 1 aliphatic rings. The minimum atomic E-state index is -0.439. The van der Waals surface area contributed by atoms with Crippen LogP contribution in [0.4, 0.5) is 0 Å². The van der Waals surface area contributed by atoms with Crippen LogP contribution in [0.5, 0.6) is 0 Å².